The molecule has 0 aliphatic carbocycles. The summed E-state index contributed by atoms with van der Waals surface area (Å²) in [7, 11) is 0. The third-order valence-corrected chi connectivity index (χ3v) is 1.54. The van der Waals surface area contributed by atoms with Gasteiger partial charge in [-0.25, -0.2) is 4.79 Å². The van der Waals surface area contributed by atoms with Crippen LogP contribution in [0.5, 0.6) is 0 Å². The van der Waals surface area contributed by atoms with Crippen LogP contribution in [0.15, 0.2) is 24.3 Å². The minimum atomic E-state index is -0.488. The molecule has 1 rings (SSSR count). The van der Waals surface area contributed by atoms with E-state index in [-0.39, 0.29) is 6.10 Å². The van der Waals surface area contributed by atoms with Crippen LogP contribution < -0.4 is 11.1 Å². The van der Waals surface area contributed by atoms with Gasteiger partial charge in [-0.1, -0.05) is 12.1 Å². The molecule has 1 aromatic rings. The monoisotopic (exact) mass is 194 g/mol. The van der Waals surface area contributed by atoms with Gasteiger partial charge in [-0.3, -0.25) is 5.32 Å². The Labute approximate surface area is 83.1 Å². The molecule has 0 bridgehead atoms. The SMILES string of the molecule is CC(C)OC(=O)Nc1ccccc1N. The smallest absolute Gasteiger partial charge is 0.411 e. The number of carbonyl (C=O) groups excluding carboxylic acids is 1. The van der Waals surface area contributed by atoms with Crippen molar-refractivity contribution in [2.75, 3.05) is 11.1 Å². The van der Waals surface area contributed by atoms with E-state index >= 15 is 0 Å². The van der Waals surface area contributed by atoms with E-state index in [1.165, 1.54) is 0 Å². The average Bonchev–Trinajstić information content (AvgIpc) is 2.07. The summed E-state index contributed by atoms with van der Waals surface area (Å²) in [6.07, 6.45) is -0.627. The lowest BCUT2D eigenvalue weighted by Gasteiger charge is -2.10. The molecular formula is C10H14N2O2. The number of benzene rings is 1. The maximum absolute atomic E-state index is 11.2. The second kappa shape index (κ2) is 4.50. The second-order valence-corrected chi connectivity index (χ2v) is 3.17. The predicted molar refractivity (Wildman–Crippen MR) is 56.1 cm³/mol. The maximum Gasteiger partial charge on any atom is 0.411 e. The summed E-state index contributed by atoms with van der Waals surface area (Å²) >= 11 is 0. The molecule has 76 valence electrons. The van der Waals surface area contributed by atoms with E-state index < -0.39 is 6.09 Å². The van der Waals surface area contributed by atoms with E-state index in [0.29, 0.717) is 11.4 Å². The van der Waals surface area contributed by atoms with Gasteiger partial charge in [-0.2, -0.15) is 0 Å². The van der Waals surface area contributed by atoms with Crippen LogP contribution in [0, 0.1) is 0 Å². The first kappa shape index (κ1) is 10.4. The van der Waals surface area contributed by atoms with Gasteiger partial charge >= 0.3 is 6.09 Å². The molecule has 0 saturated carbocycles. The molecule has 0 heterocycles. The summed E-state index contributed by atoms with van der Waals surface area (Å²) in [5.74, 6) is 0. The Morgan fingerprint density at radius 2 is 2.07 bits per heavy atom. The zero-order valence-corrected chi connectivity index (χ0v) is 8.28. The lowest BCUT2D eigenvalue weighted by molar-refractivity contribution is 0.130. The van der Waals surface area contributed by atoms with Crippen LogP contribution >= 0.6 is 0 Å². The highest BCUT2D eigenvalue weighted by Crippen LogP contribution is 2.16. The summed E-state index contributed by atoms with van der Waals surface area (Å²) in [5.41, 5.74) is 6.72. The highest BCUT2D eigenvalue weighted by molar-refractivity contribution is 5.88. The van der Waals surface area contributed by atoms with Crippen LogP contribution in [0.25, 0.3) is 0 Å². The highest BCUT2D eigenvalue weighted by Gasteiger charge is 2.06. The van der Waals surface area contributed by atoms with Crippen molar-refractivity contribution < 1.29 is 9.53 Å². The van der Waals surface area contributed by atoms with Gasteiger partial charge in [0.05, 0.1) is 17.5 Å². The fraction of sp³-hybridized carbons (Fsp3) is 0.300. The Morgan fingerprint density at radius 1 is 1.43 bits per heavy atom. The summed E-state index contributed by atoms with van der Waals surface area (Å²) in [4.78, 5) is 11.2. The van der Waals surface area contributed by atoms with Gasteiger partial charge in [-0.05, 0) is 26.0 Å². The van der Waals surface area contributed by atoms with Crippen molar-refractivity contribution in [3.8, 4) is 0 Å². The third kappa shape index (κ3) is 2.97. The predicted octanol–water partition coefficient (Wildman–Crippen LogP) is 2.23. The van der Waals surface area contributed by atoms with E-state index in [2.05, 4.69) is 5.32 Å². The maximum atomic E-state index is 11.2. The number of nitrogens with two attached hydrogens (primary N) is 1. The number of nitrogens with one attached hydrogen (secondary N) is 1. The number of para-hydroxylation sites is 2. The first-order valence-corrected chi connectivity index (χ1v) is 4.41. The van der Waals surface area contributed by atoms with Crippen molar-refractivity contribution in [3.05, 3.63) is 24.3 Å². The van der Waals surface area contributed by atoms with E-state index in [1.807, 2.05) is 0 Å². The Balaban J connectivity index is 2.61. The average molecular weight is 194 g/mol. The lowest BCUT2D eigenvalue weighted by Crippen LogP contribution is -2.18. The van der Waals surface area contributed by atoms with Crippen LogP contribution in [0.1, 0.15) is 13.8 Å². The molecule has 3 N–H and O–H groups in total. The largest absolute Gasteiger partial charge is 0.447 e. The quantitative estimate of drug-likeness (QED) is 0.709. The first-order chi connectivity index (χ1) is 6.59. The molecule has 0 spiro atoms. The first-order valence-electron chi connectivity index (χ1n) is 4.41. The summed E-state index contributed by atoms with van der Waals surface area (Å²) in [5, 5.41) is 2.56. The van der Waals surface area contributed by atoms with E-state index in [1.54, 1.807) is 38.1 Å². The van der Waals surface area contributed by atoms with Gasteiger partial charge < -0.3 is 10.5 Å². The Morgan fingerprint density at radius 3 is 2.64 bits per heavy atom. The lowest BCUT2D eigenvalue weighted by atomic mass is 10.3. The number of rotatable bonds is 2. The van der Waals surface area contributed by atoms with Gasteiger partial charge in [0.25, 0.3) is 0 Å². The second-order valence-electron chi connectivity index (χ2n) is 3.17. The van der Waals surface area contributed by atoms with E-state index in [9.17, 15) is 4.79 Å². The third-order valence-electron chi connectivity index (χ3n) is 1.54. The summed E-state index contributed by atoms with van der Waals surface area (Å²) < 4.78 is 4.90. The molecule has 0 unspecified atom stereocenters. The number of ether oxygens (including phenoxy) is 1. The molecule has 0 atom stereocenters. The molecule has 1 aromatic carbocycles. The Bertz CT molecular complexity index is 324. The molecule has 0 radical (unpaired) electrons. The van der Waals surface area contributed by atoms with Gasteiger partial charge in [0, 0.05) is 0 Å². The molecule has 0 aliphatic rings. The van der Waals surface area contributed by atoms with E-state index in [0.717, 1.165) is 0 Å². The van der Waals surface area contributed by atoms with Crippen LogP contribution in [0.4, 0.5) is 16.2 Å². The fourth-order valence-corrected chi connectivity index (χ4v) is 0.964. The number of hydrogen-bond acceptors (Lipinski definition) is 3. The van der Waals surface area contributed by atoms with Crippen molar-refractivity contribution in [2.45, 2.75) is 20.0 Å². The number of nitrogen functional groups attached to an aromatic ring is 1. The molecule has 14 heavy (non-hydrogen) atoms. The minimum absolute atomic E-state index is 0.139. The zero-order chi connectivity index (χ0) is 10.6. The molecule has 4 nitrogen and oxygen atoms in total. The molecule has 0 fully saturated rings. The molecule has 0 aliphatic heterocycles. The highest BCUT2D eigenvalue weighted by atomic mass is 16.6. The van der Waals surface area contributed by atoms with Crippen molar-refractivity contribution in [1.29, 1.82) is 0 Å². The molecule has 4 heteroatoms. The summed E-state index contributed by atoms with van der Waals surface area (Å²) in [6, 6.07) is 7.03. The van der Waals surface area contributed by atoms with Crippen molar-refractivity contribution in [3.63, 3.8) is 0 Å². The Hall–Kier alpha value is -1.71. The number of carbonyl (C=O) groups is 1. The van der Waals surface area contributed by atoms with Gasteiger partial charge in [0.1, 0.15) is 0 Å². The van der Waals surface area contributed by atoms with Crippen molar-refractivity contribution in [2.24, 2.45) is 0 Å². The topological polar surface area (TPSA) is 64.3 Å². The van der Waals surface area contributed by atoms with Gasteiger partial charge in [0.15, 0.2) is 0 Å². The number of hydrogen-bond donors (Lipinski definition) is 2. The van der Waals surface area contributed by atoms with Gasteiger partial charge in [-0.15, -0.1) is 0 Å². The number of amides is 1. The Kier molecular flexibility index (Phi) is 3.34. The van der Waals surface area contributed by atoms with Crippen LogP contribution in [-0.4, -0.2) is 12.2 Å². The molecule has 1 amide bonds. The minimum Gasteiger partial charge on any atom is -0.447 e. The van der Waals surface area contributed by atoms with E-state index in [4.69, 9.17) is 10.5 Å². The normalized spacial score (nSPS) is 9.93. The summed E-state index contributed by atoms with van der Waals surface area (Å²) in [6.45, 7) is 3.57. The molecule has 0 aromatic heterocycles. The number of anilines is 2. The van der Waals surface area contributed by atoms with Crippen LogP contribution in [-0.2, 0) is 4.74 Å². The molecule has 0 saturated heterocycles. The van der Waals surface area contributed by atoms with Crippen LogP contribution in [0.3, 0.4) is 0 Å². The van der Waals surface area contributed by atoms with Gasteiger partial charge in [0.2, 0.25) is 0 Å². The standard InChI is InChI=1S/C10H14N2O2/c1-7(2)14-10(13)12-9-6-4-3-5-8(9)11/h3-7H,11H2,1-2H3,(H,12,13). The van der Waals surface area contributed by atoms with Crippen molar-refractivity contribution in [1.82, 2.24) is 0 Å². The zero-order valence-electron chi connectivity index (χ0n) is 8.28. The van der Waals surface area contributed by atoms with Crippen molar-refractivity contribution >= 4 is 17.5 Å². The fourth-order valence-electron chi connectivity index (χ4n) is 0.964. The van der Waals surface area contributed by atoms with Crippen LogP contribution in [0.2, 0.25) is 0 Å². The molecular weight excluding hydrogens is 180 g/mol.